The molecule has 1 aliphatic heterocycles. The number of ether oxygens (including phenoxy) is 1. The Morgan fingerprint density at radius 3 is 2.64 bits per heavy atom. The molecule has 1 fully saturated rings. The Balaban J connectivity index is 1.78. The van der Waals surface area contributed by atoms with E-state index in [4.69, 9.17) is 4.74 Å². The number of nitrogens with one attached hydrogen (secondary N) is 1. The van der Waals surface area contributed by atoms with E-state index >= 15 is 8.78 Å². The zero-order valence-corrected chi connectivity index (χ0v) is 18.8. The second-order valence-corrected chi connectivity index (χ2v) is 8.23. The zero-order chi connectivity index (χ0) is 23.7. The molecule has 1 saturated heterocycles. The fourth-order valence-electron chi connectivity index (χ4n) is 4.18. The van der Waals surface area contributed by atoms with Crippen LogP contribution in [0.4, 0.5) is 14.5 Å². The van der Waals surface area contributed by atoms with Crippen LogP contribution in [0.3, 0.4) is 0 Å². The van der Waals surface area contributed by atoms with Crippen molar-refractivity contribution in [2.75, 3.05) is 25.0 Å². The smallest absolute Gasteiger partial charge is 0.222 e. The van der Waals surface area contributed by atoms with Gasteiger partial charge in [0.1, 0.15) is 17.3 Å². The van der Waals surface area contributed by atoms with Gasteiger partial charge in [-0.15, -0.1) is 0 Å². The average Bonchev–Trinajstić information content (AvgIpc) is 3.09. The van der Waals surface area contributed by atoms with Crippen LogP contribution >= 0.6 is 0 Å². The van der Waals surface area contributed by atoms with Crippen LogP contribution in [0.15, 0.2) is 30.5 Å². The van der Waals surface area contributed by atoms with Crippen molar-refractivity contribution in [2.24, 2.45) is 0 Å². The standard InChI is InChI=1S/C24H26F2N4O3/c1-4-22(32)29-7-8-33-17(13-29)12-20-24(28-21-9-14(2)5-6-30(20)21)23-18(25)10-16(11-19(23)26)27-15(3)31/h5-6,9-11,17H,4,7-8,12-13H2,1-3H3,(H,27,31)/t17-/m0/s1. The van der Waals surface area contributed by atoms with Crippen LogP contribution in [0, 0.1) is 18.6 Å². The molecule has 0 saturated carbocycles. The maximum atomic E-state index is 15.1. The Hall–Kier alpha value is -3.33. The number of anilines is 1. The molecule has 1 aromatic carbocycles. The fourth-order valence-corrected chi connectivity index (χ4v) is 4.18. The monoisotopic (exact) mass is 456 g/mol. The van der Waals surface area contributed by atoms with Gasteiger partial charge in [-0.2, -0.15) is 0 Å². The third-order valence-corrected chi connectivity index (χ3v) is 5.69. The number of hydrogen-bond acceptors (Lipinski definition) is 4. The van der Waals surface area contributed by atoms with Crippen molar-refractivity contribution in [1.82, 2.24) is 14.3 Å². The first-order valence-corrected chi connectivity index (χ1v) is 10.9. The first kappa shape index (κ1) is 22.8. The van der Waals surface area contributed by atoms with Crippen LogP contribution in [0.1, 0.15) is 31.5 Å². The number of pyridine rings is 1. The van der Waals surface area contributed by atoms with E-state index in [9.17, 15) is 9.59 Å². The minimum atomic E-state index is -0.826. The number of carbonyl (C=O) groups excluding carboxylic acids is 2. The summed E-state index contributed by atoms with van der Waals surface area (Å²) in [6.07, 6.45) is 2.21. The summed E-state index contributed by atoms with van der Waals surface area (Å²) < 4.78 is 37.9. The molecule has 1 N–H and O–H groups in total. The van der Waals surface area contributed by atoms with Crippen LogP contribution < -0.4 is 5.32 Å². The third-order valence-electron chi connectivity index (χ3n) is 5.69. The molecule has 0 unspecified atom stereocenters. The minimum Gasteiger partial charge on any atom is -0.374 e. The molecular formula is C24H26F2N4O3. The molecule has 0 aliphatic carbocycles. The number of nitrogens with zero attached hydrogens (tertiary/aromatic N) is 3. The predicted octanol–water partition coefficient (Wildman–Crippen LogP) is 3.73. The molecule has 0 spiro atoms. The van der Waals surface area contributed by atoms with Gasteiger partial charge >= 0.3 is 0 Å². The molecule has 0 radical (unpaired) electrons. The third kappa shape index (κ3) is 4.73. The molecule has 1 aliphatic rings. The SMILES string of the molecule is CCC(=O)N1CCO[C@@H](Cc2c(-c3c(F)cc(NC(C)=O)cc3F)nc3cc(C)ccn23)C1. The first-order chi connectivity index (χ1) is 15.8. The highest BCUT2D eigenvalue weighted by Gasteiger charge is 2.28. The van der Waals surface area contributed by atoms with Crippen LogP contribution in [0.2, 0.25) is 0 Å². The molecule has 3 aromatic rings. The van der Waals surface area contributed by atoms with Gasteiger partial charge < -0.3 is 19.4 Å². The van der Waals surface area contributed by atoms with E-state index < -0.39 is 17.5 Å². The molecule has 0 bridgehead atoms. The number of aryl methyl sites for hydroxylation is 1. The van der Waals surface area contributed by atoms with Crippen molar-refractivity contribution in [3.05, 3.63) is 53.4 Å². The Morgan fingerprint density at radius 2 is 1.97 bits per heavy atom. The Labute approximate surface area is 190 Å². The highest BCUT2D eigenvalue weighted by Crippen LogP contribution is 2.33. The van der Waals surface area contributed by atoms with E-state index in [1.807, 2.05) is 32.2 Å². The lowest BCUT2D eigenvalue weighted by Crippen LogP contribution is -2.46. The summed E-state index contributed by atoms with van der Waals surface area (Å²) in [4.78, 5) is 29.8. The number of aromatic nitrogens is 2. The molecule has 1 atom stereocenters. The molecule has 2 amide bonds. The van der Waals surface area contributed by atoms with Gasteiger partial charge in [0.25, 0.3) is 0 Å². The fraction of sp³-hybridized carbons (Fsp3) is 0.375. The zero-order valence-electron chi connectivity index (χ0n) is 18.8. The van der Waals surface area contributed by atoms with E-state index in [1.54, 1.807) is 9.30 Å². The van der Waals surface area contributed by atoms with Crippen LogP contribution in [-0.2, 0) is 20.7 Å². The summed E-state index contributed by atoms with van der Waals surface area (Å²) in [7, 11) is 0. The number of carbonyl (C=O) groups is 2. The number of rotatable bonds is 5. The van der Waals surface area contributed by atoms with Crippen LogP contribution in [-0.4, -0.2) is 51.9 Å². The number of morpholine rings is 1. The largest absolute Gasteiger partial charge is 0.374 e. The highest BCUT2D eigenvalue weighted by molar-refractivity contribution is 5.89. The normalized spacial score (nSPS) is 16.3. The Bertz CT molecular complexity index is 1200. The number of halogens is 2. The molecule has 4 rings (SSSR count). The second-order valence-electron chi connectivity index (χ2n) is 8.23. The van der Waals surface area contributed by atoms with Crippen molar-refractivity contribution >= 4 is 23.1 Å². The van der Waals surface area contributed by atoms with Gasteiger partial charge in [-0.25, -0.2) is 13.8 Å². The van der Waals surface area contributed by atoms with Crippen molar-refractivity contribution in [2.45, 2.75) is 39.7 Å². The number of amides is 2. The van der Waals surface area contributed by atoms with Crippen molar-refractivity contribution in [1.29, 1.82) is 0 Å². The van der Waals surface area contributed by atoms with Gasteiger partial charge in [-0.1, -0.05) is 6.92 Å². The van der Waals surface area contributed by atoms with Gasteiger partial charge in [0.15, 0.2) is 0 Å². The van der Waals surface area contributed by atoms with Gasteiger partial charge in [0, 0.05) is 44.7 Å². The summed E-state index contributed by atoms with van der Waals surface area (Å²) in [5.74, 6) is -2.03. The number of fused-ring (bicyclic) bond motifs is 1. The Kier molecular flexibility index (Phi) is 6.42. The summed E-state index contributed by atoms with van der Waals surface area (Å²) in [6, 6.07) is 5.89. The molecule has 33 heavy (non-hydrogen) atoms. The topological polar surface area (TPSA) is 75.9 Å². The lowest BCUT2D eigenvalue weighted by Gasteiger charge is -2.33. The van der Waals surface area contributed by atoms with Gasteiger partial charge in [0.05, 0.1) is 29.7 Å². The summed E-state index contributed by atoms with van der Waals surface area (Å²) in [5, 5.41) is 2.40. The molecule has 3 heterocycles. The van der Waals surface area contributed by atoms with E-state index in [-0.39, 0.29) is 29.0 Å². The van der Waals surface area contributed by atoms with E-state index in [0.717, 1.165) is 17.7 Å². The van der Waals surface area contributed by atoms with Crippen molar-refractivity contribution in [3.8, 4) is 11.3 Å². The molecule has 9 heteroatoms. The lowest BCUT2D eigenvalue weighted by atomic mass is 10.0. The summed E-state index contributed by atoms with van der Waals surface area (Å²) in [5.41, 5.74) is 2.05. The van der Waals surface area contributed by atoms with E-state index in [0.29, 0.717) is 43.9 Å². The second kappa shape index (κ2) is 9.27. The van der Waals surface area contributed by atoms with Crippen LogP contribution in [0.5, 0.6) is 0 Å². The van der Waals surface area contributed by atoms with Gasteiger partial charge in [-0.3, -0.25) is 9.59 Å². The Morgan fingerprint density at radius 1 is 1.24 bits per heavy atom. The first-order valence-electron chi connectivity index (χ1n) is 10.9. The summed E-state index contributed by atoms with van der Waals surface area (Å²) >= 11 is 0. The number of benzene rings is 1. The van der Waals surface area contributed by atoms with Crippen molar-refractivity contribution < 1.29 is 23.1 Å². The van der Waals surface area contributed by atoms with Gasteiger partial charge in [-0.05, 0) is 36.8 Å². The quantitative estimate of drug-likeness (QED) is 0.635. The van der Waals surface area contributed by atoms with Crippen molar-refractivity contribution in [3.63, 3.8) is 0 Å². The number of imidazole rings is 1. The van der Waals surface area contributed by atoms with E-state index in [2.05, 4.69) is 10.3 Å². The molecule has 174 valence electrons. The van der Waals surface area contributed by atoms with Crippen LogP contribution in [0.25, 0.3) is 16.9 Å². The maximum absolute atomic E-state index is 15.1. The summed E-state index contributed by atoms with van der Waals surface area (Å²) in [6.45, 7) is 6.32. The molecule has 7 nitrogen and oxygen atoms in total. The predicted molar refractivity (Wildman–Crippen MR) is 120 cm³/mol. The number of hydrogen-bond donors (Lipinski definition) is 1. The lowest BCUT2D eigenvalue weighted by molar-refractivity contribution is -0.138. The maximum Gasteiger partial charge on any atom is 0.222 e. The highest BCUT2D eigenvalue weighted by atomic mass is 19.1. The average molecular weight is 456 g/mol. The minimum absolute atomic E-state index is 0.0340. The van der Waals surface area contributed by atoms with Gasteiger partial charge in [0.2, 0.25) is 11.8 Å². The van der Waals surface area contributed by atoms with E-state index in [1.165, 1.54) is 6.92 Å². The molecular weight excluding hydrogens is 430 g/mol. The molecule has 2 aromatic heterocycles.